The summed E-state index contributed by atoms with van der Waals surface area (Å²) in [6.07, 6.45) is 0.346. The molecule has 0 saturated heterocycles. The van der Waals surface area contributed by atoms with E-state index in [9.17, 15) is 0 Å². The highest BCUT2D eigenvalue weighted by atomic mass is 16.5. The average Bonchev–Trinajstić information content (AvgIpc) is 2.18. The van der Waals surface area contributed by atoms with Crippen molar-refractivity contribution in [3.05, 3.63) is 24.3 Å². The predicted molar refractivity (Wildman–Crippen MR) is 61.1 cm³/mol. The van der Waals surface area contributed by atoms with Crippen LogP contribution in [0.2, 0.25) is 0 Å². The predicted octanol–water partition coefficient (Wildman–Crippen LogP) is 2.43. The van der Waals surface area contributed by atoms with Crippen LogP contribution in [0.3, 0.4) is 0 Å². The lowest BCUT2D eigenvalue weighted by atomic mass is 10.2. The second kappa shape index (κ2) is 5.26. The van der Waals surface area contributed by atoms with Crippen LogP contribution in [0.1, 0.15) is 13.3 Å². The van der Waals surface area contributed by atoms with Crippen molar-refractivity contribution in [2.24, 2.45) is 0 Å². The summed E-state index contributed by atoms with van der Waals surface area (Å²) >= 11 is 0. The molecule has 0 aliphatic heterocycles. The van der Waals surface area contributed by atoms with Gasteiger partial charge in [-0.3, -0.25) is 0 Å². The molecule has 1 atom stereocenters. The fraction of sp³-hybridized carbons (Fsp3) is 0.417. The summed E-state index contributed by atoms with van der Waals surface area (Å²) in [6.45, 7) is 1.89. The van der Waals surface area contributed by atoms with Gasteiger partial charge in [0.1, 0.15) is 11.9 Å². The van der Waals surface area contributed by atoms with Crippen molar-refractivity contribution in [3.63, 3.8) is 0 Å². The van der Waals surface area contributed by atoms with Gasteiger partial charge in [0.15, 0.2) is 0 Å². The van der Waals surface area contributed by atoms with E-state index in [2.05, 4.69) is 6.07 Å². The molecular formula is C12H16N2O. The first-order valence-corrected chi connectivity index (χ1v) is 4.94. The van der Waals surface area contributed by atoms with Gasteiger partial charge >= 0.3 is 0 Å². The minimum absolute atomic E-state index is 0.0626. The van der Waals surface area contributed by atoms with Gasteiger partial charge in [-0.2, -0.15) is 5.26 Å². The Morgan fingerprint density at radius 3 is 2.80 bits per heavy atom. The summed E-state index contributed by atoms with van der Waals surface area (Å²) in [7, 11) is 3.97. The molecule has 1 aromatic carbocycles. The second-order valence-electron chi connectivity index (χ2n) is 3.68. The van der Waals surface area contributed by atoms with Crippen LogP contribution in [0.5, 0.6) is 5.75 Å². The first-order valence-electron chi connectivity index (χ1n) is 4.94. The highest BCUT2D eigenvalue weighted by Crippen LogP contribution is 2.20. The summed E-state index contributed by atoms with van der Waals surface area (Å²) < 4.78 is 5.60. The third kappa shape index (κ3) is 3.51. The van der Waals surface area contributed by atoms with E-state index in [0.29, 0.717) is 6.42 Å². The standard InChI is InChI=1S/C12H16N2O/c1-10(7-8-13)15-12-6-4-5-11(9-12)14(2)3/h4-6,9-10H,7H2,1-3H3. The summed E-state index contributed by atoms with van der Waals surface area (Å²) in [5.41, 5.74) is 1.09. The van der Waals surface area contributed by atoms with Crippen LogP contribution in [0, 0.1) is 11.3 Å². The van der Waals surface area contributed by atoms with Crippen LogP contribution >= 0.6 is 0 Å². The minimum atomic E-state index is -0.0626. The molecule has 0 aliphatic carbocycles. The number of rotatable bonds is 4. The summed E-state index contributed by atoms with van der Waals surface area (Å²) in [5, 5.41) is 8.52. The number of ether oxygens (including phenoxy) is 1. The van der Waals surface area contributed by atoms with E-state index in [1.807, 2.05) is 50.2 Å². The molecule has 1 rings (SSSR count). The van der Waals surface area contributed by atoms with Gasteiger partial charge in [-0.15, -0.1) is 0 Å². The quantitative estimate of drug-likeness (QED) is 0.755. The molecule has 0 bridgehead atoms. The highest BCUT2D eigenvalue weighted by Gasteiger charge is 2.04. The Labute approximate surface area is 90.9 Å². The van der Waals surface area contributed by atoms with Gasteiger partial charge in [0.25, 0.3) is 0 Å². The van der Waals surface area contributed by atoms with Crippen LogP contribution in [-0.4, -0.2) is 20.2 Å². The van der Waals surface area contributed by atoms with E-state index >= 15 is 0 Å². The van der Waals surface area contributed by atoms with E-state index < -0.39 is 0 Å². The van der Waals surface area contributed by atoms with Gasteiger partial charge in [0.2, 0.25) is 0 Å². The molecule has 3 nitrogen and oxygen atoms in total. The topological polar surface area (TPSA) is 36.3 Å². The van der Waals surface area contributed by atoms with Crippen molar-refractivity contribution >= 4 is 5.69 Å². The third-order valence-electron chi connectivity index (χ3n) is 2.05. The molecule has 0 fully saturated rings. The molecule has 80 valence electrons. The molecule has 0 heterocycles. The summed E-state index contributed by atoms with van der Waals surface area (Å²) in [4.78, 5) is 2.02. The Balaban J connectivity index is 2.70. The van der Waals surface area contributed by atoms with Gasteiger partial charge in [0, 0.05) is 25.8 Å². The van der Waals surface area contributed by atoms with E-state index in [1.165, 1.54) is 0 Å². The molecule has 0 radical (unpaired) electrons. The number of anilines is 1. The zero-order valence-electron chi connectivity index (χ0n) is 9.40. The SMILES string of the molecule is CC(CC#N)Oc1cccc(N(C)C)c1. The number of nitrogens with zero attached hydrogens (tertiary/aromatic N) is 2. The van der Waals surface area contributed by atoms with Crippen molar-refractivity contribution < 1.29 is 4.74 Å². The fourth-order valence-electron chi connectivity index (χ4n) is 1.24. The van der Waals surface area contributed by atoms with Crippen molar-refractivity contribution in [3.8, 4) is 11.8 Å². The Kier molecular flexibility index (Phi) is 3.99. The lowest BCUT2D eigenvalue weighted by Crippen LogP contribution is -2.12. The molecule has 0 amide bonds. The minimum Gasteiger partial charge on any atom is -0.490 e. The zero-order valence-corrected chi connectivity index (χ0v) is 9.40. The summed E-state index contributed by atoms with van der Waals surface area (Å²) in [6, 6.07) is 9.92. The first-order chi connectivity index (χ1) is 7.13. The van der Waals surface area contributed by atoms with E-state index in [1.54, 1.807) is 0 Å². The average molecular weight is 204 g/mol. The Hall–Kier alpha value is -1.69. The van der Waals surface area contributed by atoms with E-state index in [0.717, 1.165) is 11.4 Å². The second-order valence-corrected chi connectivity index (χ2v) is 3.68. The van der Waals surface area contributed by atoms with Crippen molar-refractivity contribution in [1.29, 1.82) is 5.26 Å². The first kappa shape index (κ1) is 11.4. The molecule has 0 aliphatic rings. The maximum atomic E-state index is 8.52. The Morgan fingerprint density at radius 1 is 1.47 bits per heavy atom. The number of hydrogen-bond acceptors (Lipinski definition) is 3. The van der Waals surface area contributed by atoms with Gasteiger partial charge in [-0.25, -0.2) is 0 Å². The zero-order chi connectivity index (χ0) is 11.3. The molecule has 1 aromatic rings. The van der Waals surface area contributed by atoms with Crippen LogP contribution < -0.4 is 9.64 Å². The highest BCUT2D eigenvalue weighted by molar-refractivity contribution is 5.49. The van der Waals surface area contributed by atoms with Crippen LogP contribution in [0.15, 0.2) is 24.3 Å². The van der Waals surface area contributed by atoms with E-state index in [4.69, 9.17) is 10.00 Å². The van der Waals surface area contributed by atoms with Gasteiger partial charge in [0.05, 0.1) is 12.5 Å². The largest absolute Gasteiger partial charge is 0.490 e. The Morgan fingerprint density at radius 2 is 2.20 bits per heavy atom. The van der Waals surface area contributed by atoms with Crippen LogP contribution in [0.4, 0.5) is 5.69 Å². The molecule has 1 unspecified atom stereocenters. The van der Waals surface area contributed by atoms with Gasteiger partial charge in [-0.1, -0.05) is 6.07 Å². The van der Waals surface area contributed by atoms with Crippen LogP contribution in [0.25, 0.3) is 0 Å². The molecule has 0 saturated carbocycles. The number of hydrogen-bond donors (Lipinski definition) is 0. The Bertz CT molecular complexity index is 355. The van der Waals surface area contributed by atoms with Crippen molar-refractivity contribution in [2.45, 2.75) is 19.4 Å². The molecule has 0 aromatic heterocycles. The maximum absolute atomic E-state index is 8.52. The third-order valence-corrected chi connectivity index (χ3v) is 2.05. The molecule has 0 N–H and O–H groups in total. The van der Waals surface area contributed by atoms with Gasteiger partial charge in [-0.05, 0) is 19.1 Å². The molecular weight excluding hydrogens is 188 g/mol. The fourth-order valence-corrected chi connectivity index (χ4v) is 1.24. The monoisotopic (exact) mass is 204 g/mol. The maximum Gasteiger partial charge on any atom is 0.121 e. The lowest BCUT2D eigenvalue weighted by molar-refractivity contribution is 0.227. The molecule has 0 spiro atoms. The number of nitriles is 1. The molecule has 3 heteroatoms. The summed E-state index contributed by atoms with van der Waals surface area (Å²) in [5.74, 6) is 0.809. The normalized spacial score (nSPS) is 11.6. The van der Waals surface area contributed by atoms with E-state index in [-0.39, 0.29) is 6.10 Å². The smallest absolute Gasteiger partial charge is 0.121 e. The van der Waals surface area contributed by atoms with Crippen molar-refractivity contribution in [2.75, 3.05) is 19.0 Å². The lowest BCUT2D eigenvalue weighted by Gasteiger charge is -2.16. The molecule has 15 heavy (non-hydrogen) atoms. The van der Waals surface area contributed by atoms with Crippen LogP contribution in [-0.2, 0) is 0 Å². The van der Waals surface area contributed by atoms with Gasteiger partial charge < -0.3 is 9.64 Å². The number of benzene rings is 1. The van der Waals surface area contributed by atoms with Crippen molar-refractivity contribution in [1.82, 2.24) is 0 Å².